The molecule has 1 heterocycles. The van der Waals surface area contributed by atoms with Crippen molar-refractivity contribution in [2.24, 2.45) is 11.7 Å². The Morgan fingerprint density at radius 3 is 2.59 bits per heavy atom. The normalized spacial score (nSPS) is 21.8. The summed E-state index contributed by atoms with van der Waals surface area (Å²) in [6.45, 7) is 4.85. The summed E-state index contributed by atoms with van der Waals surface area (Å²) in [4.78, 5) is 14.4. The molecule has 0 aromatic heterocycles. The molecule has 2 rings (SSSR count). The zero-order valence-electron chi connectivity index (χ0n) is 13.8. The van der Waals surface area contributed by atoms with E-state index in [1.165, 1.54) is 5.56 Å². The Hall–Kier alpha value is -1.35. The molecule has 122 valence electrons. The third-order valence-corrected chi connectivity index (χ3v) is 4.83. The standard InChI is InChI=1S/C19H30N2O/c1-16-15-21(19(22)11-7-2-3-8-13-20)14-12-18(16)17-9-5-4-6-10-17/h4-6,9-10,16,18H,2-3,7-8,11-15,20H2,1H3. The fourth-order valence-corrected chi connectivity index (χ4v) is 3.50. The zero-order chi connectivity index (χ0) is 15.8. The lowest BCUT2D eigenvalue weighted by Crippen LogP contribution is -2.42. The summed E-state index contributed by atoms with van der Waals surface area (Å²) in [7, 11) is 0. The van der Waals surface area contributed by atoms with Crippen molar-refractivity contribution in [1.82, 2.24) is 4.90 Å². The molecule has 3 nitrogen and oxygen atoms in total. The molecule has 1 saturated heterocycles. The van der Waals surface area contributed by atoms with Crippen LogP contribution in [0, 0.1) is 5.92 Å². The first kappa shape index (κ1) is 17.0. The number of benzene rings is 1. The second-order valence-electron chi connectivity index (χ2n) is 6.58. The smallest absolute Gasteiger partial charge is 0.222 e. The highest BCUT2D eigenvalue weighted by Gasteiger charge is 2.29. The molecule has 1 aliphatic heterocycles. The molecular formula is C19H30N2O. The van der Waals surface area contributed by atoms with E-state index in [-0.39, 0.29) is 0 Å². The quantitative estimate of drug-likeness (QED) is 0.783. The predicted octanol–water partition coefficient (Wildman–Crippen LogP) is 3.55. The number of piperidine rings is 1. The van der Waals surface area contributed by atoms with Crippen molar-refractivity contribution >= 4 is 5.91 Å². The Morgan fingerprint density at radius 1 is 1.18 bits per heavy atom. The second kappa shape index (κ2) is 8.94. The van der Waals surface area contributed by atoms with E-state index >= 15 is 0 Å². The summed E-state index contributed by atoms with van der Waals surface area (Å²) in [5.74, 6) is 1.47. The van der Waals surface area contributed by atoms with Crippen LogP contribution >= 0.6 is 0 Å². The average molecular weight is 302 g/mol. The second-order valence-corrected chi connectivity index (χ2v) is 6.58. The van der Waals surface area contributed by atoms with Crippen LogP contribution in [0.1, 0.15) is 56.9 Å². The molecule has 1 fully saturated rings. The number of nitrogens with two attached hydrogens (primary N) is 1. The maximum absolute atomic E-state index is 12.3. The molecule has 1 aromatic rings. The number of hydrogen-bond donors (Lipinski definition) is 1. The summed E-state index contributed by atoms with van der Waals surface area (Å²) in [6, 6.07) is 10.7. The van der Waals surface area contributed by atoms with Crippen LogP contribution < -0.4 is 5.73 Å². The molecule has 1 amide bonds. The number of nitrogens with zero attached hydrogens (tertiary/aromatic N) is 1. The first-order valence-electron chi connectivity index (χ1n) is 8.75. The lowest BCUT2D eigenvalue weighted by Gasteiger charge is -2.37. The van der Waals surface area contributed by atoms with Gasteiger partial charge in [-0.2, -0.15) is 0 Å². The third-order valence-electron chi connectivity index (χ3n) is 4.83. The molecule has 0 radical (unpaired) electrons. The van der Waals surface area contributed by atoms with Gasteiger partial charge in [0.1, 0.15) is 0 Å². The van der Waals surface area contributed by atoms with Crippen LogP contribution in [0.3, 0.4) is 0 Å². The van der Waals surface area contributed by atoms with Gasteiger partial charge < -0.3 is 10.6 Å². The summed E-state index contributed by atoms with van der Waals surface area (Å²) < 4.78 is 0. The van der Waals surface area contributed by atoms with Gasteiger partial charge >= 0.3 is 0 Å². The van der Waals surface area contributed by atoms with E-state index < -0.39 is 0 Å². The average Bonchev–Trinajstić information content (AvgIpc) is 2.55. The van der Waals surface area contributed by atoms with Crippen molar-refractivity contribution in [1.29, 1.82) is 0 Å². The first-order chi connectivity index (χ1) is 10.7. The van der Waals surface area contributed by atoms with Crippen LogP contribution in [0.5, 0.6) is 0 Å². The van der Waals surface area contributed by atoms with Crippen molar-refractivity contribution in [2.45, 2.75) is 51.4 Å². The van der Waals surface area contributed by atoms with Gasteiger partial charge in [-0.15, -0.1) is 0 Å². The fraction of sp³-hybridized carbons (Fsp3) is 0.632. The highest BCUT2D eigenvalue weighted by Crippen LogP contribution is 2.32. The zero-order valence-corrected chi connectivity index (χ0v) is 13.8. The van der Waals surface area contributed by atoms with Crippen LogP contribution in [0.25, 0.3) is 0 Å². The Balaban J connectivity index is 1.76. The van der Waals surface area contributed by atoms with Crippen molar-refractivity contribution in [3.63, 3.8) is 0 Å². The van der Waals surface area contributed by atoms with E-state index in [1.807, 2.05) is 0 Å². The number of carbonyl (C=O) groups is 1. The summed E-state index contributed by atoms with van der Waals surface area (Å²) in [6.07, 6.45) is 6.14. The summed E-state index contributed by atoms with van der Waals surface area (Å²) in [5.41, 5.74) is 6.91. The van der Waals surface area contributed by atoms with E-state index in [0.29, 0.717) is 24.2 Å². The van der Waals surface area contributed by atoms with Gasteiger partial charge in [0.2, 0.25) is 5.91 Å². The van der Waals surface area contributed by atoms with Gasteiger partial charge in [-0.25, -0.2) is 0 Å². The largest absolute Gasteiger partial charge is 0.342 e. The summed E-state index contributed by atoms with van der Waals surface area (Å²) >= 11 is 0. The van der Waals surface area contributed by atoms with Crippen LogP contribution in [-0.4, -0.2) is 30.4 Å². The maximum atomic E-state index is 12.3. The van der Waals surface area contributed by atoms with Gasteiger partial charge in [0.15, 0.2) is 0 Å². The number of hydrogen-bond acceptors (Lipinski definition) is 2. The molecule has 0 bridgehead atoms. The minimum absolute atomic E-state index is 0.339. The molecule has 0 aliphatic carbocycles. The van der Waals surface area contributed by atoms with Crippen molar-refractivity contribution < 1.29 is 4.79 Å². The monoisotopic (exact) mass is 302 g/mol. The lowest BCUT2D eigenvalue weighted by molar-refractivity contribution is -0.133. The first-order valence-corrected chi connectivity index (χ1v) is 8.75. The highest BCUT2D eigenvalue weighted by atomic mass is 16.2. The van der Waals surface area contributed by atoms with Gasteiger partial charge in [0.05, 0.1) is 0 Å². The van der Waals surface area contributed by atoms with E-state index in [0.717, 1.165) is 51.7 Å². The van der Waals surface area contributed by atoms with Crippen LogP contribution in [0.4, 0.5) is 0 Å². The maximum Gasteiger partial charge on any atom is 0.222 e. The molecular weight excluding hydrogens is 272 g/mol. The van der Waals surface area contributed by atoms with E-state index in [4.69, 9.17) is 5.73 Å². The topological polar surface area (TPSA) is 46.3 Å². The lowest BCUT2D eigenvalue weighted by atomic mass is 9.81. The number of amides is 1. The van der Waals surface area contributed by atoms with E-state index in [1.54, 1.807) is 0 Å². The highest BCUT2D eigenvalue weighted by molar-refractivity contribution is 5.76. The molecule has 3 heteroatoms. The molecule has 0 spiro atoms. The van der Waals surface area contributed by atoms with E-state index in [2.05, 4.69) is 42.2 Å². The van der Waals surface area contributed by atoms with Gasteiger partial charge in [0.25, 0.3) is 0 Å². The Labute approximate surface area is 134 Å². The Morgan fingerprint density at radius 2 is 1.91 bits per heavy atom. The van der Waals surface area contributed by atoms with Crippen molar-refractivity contribution in [2.75, 3.05) is 19.6 Å². The minimum Gasteiger partial charge on any atom is -0.342 e. The molecule has 2 atom stereocenters. The van der Waals surface area contributed by atoms with Crippen LogP contribution in [0.2, 0.25) is 0 Å². The molecule has 1 aliphatic rings. The molecule has 2 unspecified atom stereocenters. The SMILES string of the molecule is CC1CN(C(=O)CCCCCCN)CCC1c1ccccc1. The van der Waals surface area contributed by atoms with Gasteiger partial charge in [0, 0.05) is 19.5 Å². The third kappa shape index (κ3) is 4.84. The summed E-state index contributed by atoms with van der Waals surface area (Å²) in [5, 5.41) is 0. The van der Waals surface area contributed by atoms with Gasteiger partial charge in [-0.1, -0.05) is 50.1 Å². The Kier molecular flexibility index (Phi) is 6.91. The fourth-order valence-electron chi connectivity index (χ4n) is 3.50. The minimum atomic E-state index is 0.339. The number of likely N-dealkylation sites (tertiary alicyclic amines) is 1. The van der Waals surface area contributed by atoms with E-state index in [9.17, 15) is 4.79 Å². The van der Waals surface area contributed by atoms with Crippen LogP contribution in [-0.2, 0) is 4.79 Å². The Bertz CT molecular complexity index is 446. The molecule has 1 aromatic carbocycles. The predicted molar refractivity (Wildman–Crippen MR) is 91.7 cm³/mol. The molecule has 2 N–H and O–H groups in total. The number of unbranched alkanes of at least 4 members (excludes halogenated alkanes) is 3. The van der Waals surface area contributed by atoms with Crippen molar-refractivity contribution in [3.05, 3.63) is 35.9 Å². The molecule has 22 heavy (non-hydrogen) atoms. The van der Waals surface area contributed by atoms with Gasteiger partial charge in [-0.05, 0) is 43.2 Å². The van der Waals surface area contributed by atoms with Crippen molar-refractivity contribution in [3.8, 4) is 0 Å². The van der Waals surface area contributed by atoms with Crippen LogP contribution in [0.15, 0.2) is 30.3 Å². The van der Waals surface area contributed by atoms with Gasteiger partial charge in [-0.3, -0.25) is 4.79 Å². The number of carbonyl (C=O) groups excluding carboxylic acids is 1. The number of rotatable bonds is 7. The molecule has 0 saturated carbocycles.